The first-order valence-corrected chi connectivity index (χ1v) is 12.5. The molecule has 1 fully saturated rings. The van der Waals surface area contributed by atoms with Crippen LogP contribution in [0.25, 0.3) is 16.8 Å². The maximum atomic E-state index is 13.8. The third-order valence-corrected chi connectivity index (χ3v) is 6.53. The molecule has 0 unspecified atom stereocenters. The zero-order chi connectivity index (χ0) is 25.1. The molecule has 0 atom stereocenters. The van der Waals surface area contributed by atoms with Crippen LogP contribution in [0, 0.1) is 18.3 Å². The molecule has 5 nitrogen and oxygen atoms in total. The molecule has 1 aliphatic carbocycles. The van der Waals surface area contributed by atoms with E-state index < -0.39 is 0 Å². The first-order chi connectivity index (χ1) is 17.6. The highest BCUT2D eigenvalue weighted by atomic mass is 16.5. The van der Waals surface area contributed by atoms with Gasteiger partial charge in [0, 0.05) is 12.0 Å². The van der Waals surface area contributed by atoms with Crippen molar-refractivity contribution in [2.45, 2.75) is 52.1 Å². The lowest BCUT2D eigenvalue weighted by Gasteiger charge is -2.16. The number of aromatic nitrogens is 2. The van der Waals surface area contributed by atoms with E-state index >= 15 is 0 Å². The second-order valence-corrected chi connectivity index (χ2v) is 9.32. The van der Waals surface area contributed by atoms with Gasteiger partial charge in [-0.15, -0.1) is 0 Å². The van der Waals surface area contributed by atoms with Crippen molar-refractivity contribution in [1.82, 2.24) is 9.55 Å². The van der Waals surface area contributed by atoms with E-state index in [0.717, 1.165) is 65.1 Å². The van der Waals surface area contributed by atoms with Crippen molar-refractivity contribution in [2.24, 2.45) is 0 Å². The van der Waals surface area contributed by atoms with E-state index in [1.165, 1.54) is 0 Å². The van der Waals surface area contributed by atoms with Gasteiger partial charge in [0.1, 0.15) is 11.6 Å². The predicted octanol–water partition coefficient (Wildman–Crippen LogP) is 6.16. The summed E-state index contributed by atoms with van der Waals surface area (Å²) in [4.78, 5) is 18.7. The average Bonchev–Trinajstić information content (AvgIpc) is 3.72. The summed E-state index contributed by atoms with van der Waals surface area (Å²) in [5.74, 6) is 1.52. The van der Waals surface area contributed by atoms with Gasteiger partial charge in [0.05, 0.1) is 29.1 Å². The number of benzene rings is 3. The Morgan fingerprint density at radius 3 is 2.42 bits per heavy atom. The Balaban J connectivity index is 1.48. The van der Waals surface area contributed by atoms with Gasteiger partial charge in [-0.2, -0.15) is 5.26 Å². The van der Waals surface area contributed by atoms with E-state index in [2.05, 4.69) is 13.0 Å². The van der Waals surface area contributed by atoms with Crippen LogP contribution in [0.5, 0.6) is 5.75 Å². The Bertz CT molecular complexity index is 1470. The lowest BCUT2D eigenvalue weighted by atomic mass is 9.97. The lowest BCUT2D eigenvalue weighted by molar-refractivity contribution is 0.303. The number of nitriles is 1. The van der Waals surface area contributed by atoms with Gasteiger partial charge in [-0.25, -0.2) is 4.98 Å². The van der Waals surface area contributed by atoms with Gasteiger partial charge in [0.25, 0.3) is 5.56 Å². The highest BCUT2D eigenvalue weighted by Crippen LogP contribution is 2.28. The zero-order valence-electron chi connectivity index (χ0n) is 20.7. The monoisotopic (exact) mass is 475 g/mol. The van der Waals surface area contributed by atoms with Crippen LogP contribution in [0.15, 0.2) is 77.6 Å². The predicted molar refractivity (Wildman–Crippen MR) is 142 cm³/mol. The molecule has 5 heteroatoms. The van der Waals surface area contributed by atoms with E-state index in [-0.39, 0.29) is 5.56 Å². The van der Waals surface area contributed by atoms with Gasteiger partial charge >= 0.3 is 0 Å². The molecule has 0 bridgehead atoms. The Labute approximate surface area is 211 Å². The molecule has 0 radical (unpaired) electrons. The molecule has 5 rings (SSSR count). The summed E-state index contributed by atoms with van der Waals surface area (Å²) in [5, 5.41) is 9.44. The Morgan fingerprint density at radius 1 is 1.03 bits per heavy atom. The fourth-order valence-electron chi connectivity index (χ4n) is 4.53. The molecule has 1 aromatic heterocycles. The lowest BCUT2D eigenvalue weighted by Crippen LogP contribution is -2.28. The fourth-order valence-corrected chi connectivity index (χ4v) is 4.53. The fraction of sp³-hybridized carbons (Fsp3) is 0.258. The minimum absolute atomic E-state index is 0.0271. The molecule has 0 amide bonds. The molecular formula is C31H29N3O2. The normalized spacial score (nSPS) is 12.8. The Morgan fingerprint density at radius 2 is 1.75 bits per heavy atom. The third-order valence-electron chi connectivity index (χ3n) is 6.53. The van der Waals surface area contributed by atoms with E-state index in [1.807, 2.05) is 79.7 Å². The molecule has 3 aromatic carbocycles. The summed E-state index contributed by atoms with van der Waals surface area (Å²) < 4.78 is 7.57. The quantitative estimate of drug-likeness (QED) is 0.306. The van der Waals surface area contributed by atoms with Crippen LogP contribution in [0.3, 0.4) is 0 Å². The van der Waals surface area contributed by atoms with Crippen molar-refractivity contribution in [3.8, 4) is 28.6 Å². The third kappa shape index (κ3) is 4.94. The van der Waals surface area contributed by atoms with Crippen LogP contribution in [-0.2, 0) is 12.8 Å². The van der Waals surface area contributed by atoms with E-state index in [9.17, 15) is 10.1 Å². The minimum Gasteiger partial charge on any atom is -0.490 e. The first kappa shape index (κ1) is 23.6. The van der Waals surface area contributed by atoms with Crippen LogP contribution in [-0.4, -0.2) is 15.7 Å². The molecule has 4 aromatic rings. The number of aryl methyl sites for hydroxylation is 2. The van der Waals surface area contributed by atoms with Crippen LogP contribution in [0.4, 0.5) is 0 Å². The number of ether oxygens (including phenoxy) is 1. The van der Waals surface area contributed by atoms with Crippen LogP contribution in [0.1, 0.15) is 54.4 Å². The van der Waals surface area contributed by atoms with Gasteiger partial charge in [-0.1, -0.05) is 55.8 Å². The Hall–Kier alpha value is -4.17. The van der Waals surface area contributed by atoms with Crippen LogP contribution >= 0.6 is 0 Å². The van der Waals surface area contributed by atoms with Crippen molar-refractivity contribution >= 4 is 0 Å². The molecule has 180 valence electrons. The summed E-state index contributed by atoms with van der Waals surface area (Å²) in [6.45, 7) is 3.99. The molecule has 0 aliphatic heterocycles. The van der Waals surface area contributed by atoms with Crippen molar-refractivity contribution in [2.75, 3.05) is 0 Å². The zero-order valence-corrected chi connectivity index (χ0v) is 20.7. The van der Waals surface area contributed by atoms with Crippen molar-refractivity contribution in [3.63, 3.8) is 0 Å². The molecule has 0 spiro atoms. The second kappa shape index (κ2) is 10.2. The van der Waals surface area contributed by atoms with E-state index in [4.69, 9.17) is 9.72 Å². The summed E-state index contributed by atoms with van der Waals surface area (Å²) in [5.41, 5.74) is 5.93. The molecule has 1 saturated carbocycles. The second-order valence-electron chi connectivity index (χ2n) is 9.32. The number of hydrogen-bond donors (Lipinski definition) is 0. The van der Waals surface area contributed by atoms with Gasteiger partial charge in [0.15, 0.2) is 0 Å². The number of rotatable bonds is 8. The van der Waals surface area contributed by atoms with Gasteiger partial charge in [0.2, 0.25) is 0 Å². The molecule has 1 heterocycles. The summed E-state index contributed by atoms with van der Waals surface area (Å²) in [6.07, 6.45) is 4.73. The molecule has 0 N–H and O–H groups in total. The van der Waals surface area contributed by atoms with Gasteiger partial charge < -0.3 is 4.74 Å². The van der Waals surface area contributed by atoms with Crippen LogP contribution in [0.2, 0.25) is 0 Å². The Kier molecular flexibility index (Phi) is 6.69. The molecule has 1 aliphatic rings. The minimum atomic E-state index is -0.0271. The van der Waals surface area contributed by atoms with Crippen molar-refractivity contribution in [1.29, 1.82) is 5.26 Å². The highest BCUT2D eigenvalue weighted by Gasteiger charge is 2.23. The molecule has 36 heavy (non-hydrogen) atoms. The summed E-state index contributed by atoms with van der Waals surface area (Å²) in [6, 6.07) is 25.7. The van der Waals surface area contributed by atoms with Crippen LogP contribution < -0.4 is 10.3 Å². The van der Waals surface area contributed by atoms with E-state index in [0.29, 0.717) is 23.9 Å². The number of hydrogen-bond acceptors (Lipinski definition) is 4. The smallest absolute Gasteiger partial charge is 0.261 e. The van der Waals surface area contributed by atoms with Gasteiger partial charge in [-0.3, -0.25) is 9.36 Å². The maximum absolute atomic E-state index is 13.8. The van der Waals surface area contributed by atoms with Gasteiger partial charge in [-0.05, 0) is 73.2 Å². The summed E-state index contributed by atoms with van der Waals surface area (Å²) >= 11 is 0. The van der Waals surface area contributed by atoms with E-state index in [1.54, 1.807) is 4.57 Å². The highest BCUT2D eigenvalue weighted by molar-refractivity contribution is 5.70. The topological polar surface area (TPSA) is 67.9 Å². The SMILES string of the molecule is CCCc1nc(C)n(-c2ccc(OC3CC3)cc2)c(=O)c1Cc1ccc(-c2ccccc2C#N)cc1. The standard InChI is InChI=1S/C31H29N3O2/c1-3-6-30-29(19-22-9-11-23(12-10-22)28-8-5-4-7-24(28)20-32)31(35)34(21(2)33-30)25-13-15-26(16-14-25)36-27-17-18-27/h4-5,7-16,27H,3,6,17-19H2,1-2H3. The maximum Gasteiger partial charge on any atom is 0.261 e. The summed E-state index contributed by atoms with van der Waals surface area (Å²) in [7, 11) is 0. The molecule has 0 saturated heterocycles. The number of nitrogens with zero attached hydrogens (tertiary/aromatic N) is 3. The molecular weight excluding hydrogens is 446 g/mol. The van der Waals surface area contributed by atoms with Crippen molar-refractivity contribution in [3.05, 3.63) is 111 Å². The largest absolute Gasteiger partial charge is 0.490 e. The first-order valence-electron chi connectivity index (χ1n) is 12.5. The average molecular weight is 476 g/mol. The van der Waals surface area contributed by atoms with Crippen molar-refractivity contribution < 1.29 is 4.74 Å².